The van der Waals surface area contributed by atoms with Crippen molar-refractivity contribution in [1.29, 1.82) is 0 Å². The van der Waals surface area contributed by atoms with Gasteiger partial charge in [0, 0.05) is 0 Å². The van der Waals surface area contributed by atoms with E-state index in [1.165, 1.54) is 25.3 Å². The molecule has 0 saturated heterocycles. The summed E-state index contributed by atoms with van der Waals surface area (Å²) in [5.74, 6) is -0.0365. The third-order valence-corrected chi connectivity index (χ3v) is 3.26. The van der Waals surface area contributed by atoms with Crippen LogP contribution in [0.2, 0.25) is 0 Å². The van der Waals surface area contributed by atoms with E-state index in [1.807, 2.05) is 0 Å². The van der Waals surface area contributed by atoms with Gasteiger partial charge in [-0.3, -0.25) is 4.79 Å². The number of phenolic OH excluding ortho intramolecular Hbond substituents is 1. The van der Waals surface area contributed by atoms with Gasteiger partial charge in [0.15, 0.2) is 0 Å². The van der Waals surface area contributed by atoms with Crippen molar-refractivity contribution in [3.05, 3.63) is 52.7 Å². The Kier molecular flexibility index (Phi) is 3.02. The van der Waals surface area contributed by atoms with Crippen molar-refractivity contribution in [3.8, 4) is 28.6 Å². The van der Waals surface area contributed by atoms with Gasteiger partial charge in [-0.25, -0.2) is 0 Å². The Morgan fingerprint density at radius 3 is 2.43 bits per heavy atom. The highest BCUT2D eigenvalue weighted by Gasteiger charge is 2.17. The van der Waals surface area contributed by atoms with Gasteiger partial charge in [0.2, 0.25) is 5.43 Å². The largest absolute Gasteiger partial charge is 0.507 e. The Bertz CT molecular complexity index is 862. The highest BCUT2D eigenvalue weighted by molar-refractivity contribution is 5.88. The number of ether oxygens (including phenoxy) is 1. The Balaban J connectivity index is 2.31. The molecule has 0 spiro atoms. The molecule has 21 heavy (non-hydrogen) atoms. The van der Waals surface area contributed by atoms with Crippen LogP contribution in [0.5, 0.6) is 17.4 Å². The fourth-order valence-electron chi connectivity index (χ4n) is 2.22. The smallest absolute Gasteiger partial charge is 0.294 e. The van der Waals surface area contributed by atoms with Crippen molar-refractivity contribution in [2.24, 2.45) is 0 Å². The lowest BCUT2D eigenvalue weighted by Gasteiger charge is -2.07. The molecule has 1 aromatic heterocycles. The van der Waals surface area contributed by atoms with Gasteiger partial charge in [-0.05, 0) is 29.8 Å². The molecule has 0 aliphatic heterocycles. The SMILES string of the molecule is COc1ccc(-c2c(O)oc3cccc(O)c3c2=O)cc1. The van der Waals surface area contributed by atoms with Crippen molar-refractivity contribution in [2.75, 3.05) is 7.11 Å². The molecule has 5 nitrogen and oxygen atoms in total. The van der Waals surface area contributed by atoms with Crippen LogP contribution in [0, 0.1) is 0 Å². The lowest BCUT2D eigenvalue weighted by atomic mass is 10.0. The first kappa shape index (κ1) is 13.1. The second-order valence-electron chi connectivity index (χ2n) is 4.49. The molecule has 0 unspecified atom stereocenters. The molecule has 0 fully saturated rings. The molecule has 0 amide bonds. The summed E-state index contributed by atoms with van der Waals surface area (Å²) >= 11 is 0. The van der Waals surface area contributed by atoms with Gasteiger partial charge in [0.05, 0.1) is 7.11 Å². The number of rotatable bonds is 2. The van der Waals surface area contributed by atoms with Crippen molar-refractivity contribution < 1.29 is 19.4 Å². The normalized spacial score (nSPS) is 10.7. The third kappa shape index (κ3) is 2.08. The summed E-state index contributed by atoms with van der Waals surface area (Å²) in [6.07, 6.45) is 0. The second kappa shape index (κ2) is 4.86. The maximum absolute atomic E-state index is 12.5. The van der Waals surface area contributed by atoms with Gasteiger partial charge in [0.1, 0.15) is 28.0 Å². The fourth-order valence-corrected chi connectivity index (χ4v) is 2.22. The van der Waals surface area contributed by atoms with Crippen LogP contribution in [0.3, 0.4) is 0 Å². The molecule has 2 aromatic carbocycles. The summed E-state index contributed by atoms with van der Waals surface area (Å²) in [6.45, 7) is 0. The van der Waals surface area contributed by atoms with Gasteiger partial charge in [-0.15, -0.1) is 0 Å². The van der Waals surface area contributed by atoms with E-state index >= 15 is 0 Å². The van der Waals surface area contributed by atoms with E-state index in [2.05, 4.69) is 0 Å². The van der Waals surface area contributed by atoms with Gasteiger partial charge < -0.3 is 19.4 Å². The van der Waals surface area contributed by atoms with Crippen LogP contribution in [0.1, 0.15) is 0 Å². The first-order valence-corrected chi connectivity index (χ1v) is 6.24. The minimum Gasteiger partial charge on any atom is -0.507 e. The zero-order valence-corrected chi connectivity index (χ0v) is 11.2. The van der Waals surface area contributed by atoms with E-state index in [9.17, 15) is 15.0 Å². The zero-order valence-electron chi connectivity index (χ0n) is 11.2. The molecule has 3 rings (SSSR count). The Hall–Kier alpha value is -2.95. The maximum atomic E-state index is 12.5. The van der Waals surface area contributed by atoms with Crippen LogP contribution in [0.15, 0.2) is 51.7 Å². The second-order valence-corrected chi connectivity index (χ2v) is 4.49. The first-order chi connectivity index (χ1) is 10.1. The summed E-state index contributed by atoms with van der Waals surface area (Å²) in [7, 11) is 1.54. The van der Waals surface area contributed by atoms with Crippen molar-refractivity contribution in [2.45, 2.75) is 0 Å². The zero-order chi connectivity index (χ0) is 15.0. The molecule has 0 radical (unpaired) electrons. The van der Waals surface area contributed by atoms with E-state index in [0.29, 0.717) is 11.3 Å². The van der Waals surface area contributed by atoms with Gasteiger partial charge in [-0.1, -0.05) is 18.2 Å². The molecule has 0 bridgehead atoms. The predicted octanol–water partition coefficient (Wildman–Crippen LogP) is 2.88. The molecule has 106 valence electrons. The van der Waals surface area contributed by atoms with Gasteiger partial charge >= 0.3 is 0 Å². The van der Waals surface area contributed by atoms with Crippen molar-refractivity contribution >= 4 is 11.0 Å². The topological polar surface area (TPSA) is 79.9 Å². The highest BCUT2D eigenvalue weighted by Crippen LogP contribution is 2.32. The number of phenols is 1. The van der Waals surface area contributed by atoms with Crippen LogP contribution in [0.25, 0.3) is 22.1 Å². The molecule has 0 aliphatic rings. The van der Waals surface area contributed by atoms with Gasteiger partial charge in [-0.2, -0.15) is 0 Å². The van der Waals surface area contributed by atoms with Crippen molar-refractivity contribution in [1.82, 2.24) is 0 Å². The molecular weight excluding hydrogens is 272 g/mol. The molecule has 2 N–H and O–H groups in total. The standard InChI is InChI=1S/C16H12O5/c1-20-10-7-5-9(6-8-10)13-15(18)14-11(17)3-2-4-12(14)21-16(13)19/h2-8,17,19H,1H3. The lowest BCUT2D eigenvalue weighted by molar-refractivity contribution is 0.341. The summed E-state index contributed by atoms with van der Waals surface area (Å²) in [5, 5.41) is 19.9. The number of fused-ring (bicyclic) bond motifs is 1. The number of hydrogen-bond donors (Lipinski definition) is 2. The number of benzene rings is 2. The molecule has 3 aromatic rings. The molecule has 0 aliphatic carbocycles. The number of hydrogen-bond acceptors (Lipinski definition) is 5. The van der Waals surface area contributed by atoms with Crippen LogP contribution in [0.4, 0.5) is 0 Å². The van der Waals surface area contributed by atoms with Crippen LogP contribution in [-0.4, -0.2) is 17.3 Å². The summed E-state index contributed by atoms with van der Waals surface area (Å²) in [5.41, 5.74) is 0.130. The number of methoxy groups -OCH3 is 1. The Morgan fingerprint density at radius 2 is 1.76 bits per heavy atom. The highest BCUT2D eigenvalue weighted by atomic mass is 16.5. The minimum atomic E-state index is -0.489. The first-order valence-electron chi connectivity index (χ1n) is 6.24. The predicted molar refractivity (Wildman–Crippen MR) is 77.8 cm³/mol. The van der Waals surface area contributed by atoms with E-state index < -0.39 is 11.4 Å². The summed E-state index contributed by atoms with van der Waals surface area (Å²) in [4.78, 5) is 12.5. The minimum absolute atomic E-state index is 0.00616. The Labute approximate surface area is 119 Å². The average Bonchev–Trinajstić information content (AvgIpc) is 2.47. The molecule has 5 heteroatoms. The summed E-state index contributed by atoms with van der Waals surface area (Å²) in [6, 6.07) is 11.1. The monoisotopic (exact) mass is 284 g/mol. The third-order valence-electron chi connectivity index (χ3n) is 3.26. The molecular formula is C16H12O5. The van der Waals surface area contributed by atoms with E-state index in [-0.39, 0.29) is 22.3 Å². The maximum Gasteiger partial charge on any atom is 0.294 e. The average molecular weight is 284 g/mol. The van der Waals surface area contributed by atoms with Crippen LogP contribution < -0.4 is 10.2 Å². The summed E-state index contributed by atoms with van der Waals surface area (Å²) < 4.78 is 10.3. The fraction of sp³-hybridized carbons (Fsp3) is 0.0625. The molecule has 1 heterocycles. The van der Waals surface area contributed by atoms with E-state index in [4.69, 9.17) is 9.15 Å². The van der Waals surface area contributed by atoms with Crippen LogP contribution in [-0.2, 0) is 0 Å². The number of aromatic hydroxyl groups is 2. The van der Waals surface area contributed by atoms with E-state index in [1.54, 1.807) is 24.3 Å². The quantitative estimate of drug-likeness (QED) is 0.756. The Morgan fingerprint density at radius 1 is 1.05 bits per heavy atom. The van der Waals surface area contributed by atoms with E-state index in [0.717, 1.165) is 0 Å². The van der Waals surface area contributed by atoms with Crippen molar-refractivity contribution in [3.63, 3.8) is 0 Å². The molecule has 0 saturated carbocycles. The molecule has 0 atom stereocenters. The van der Waals surface area contributed by atoms with Crippen LogP contribution >= 0.6 is 0 Å². The lowest BCUT2D eigenvalue weighted by Crippen LogP contribution is -2.05. The van der Waals surface area contributed by atoms with Gasteiger partial charge in [0.25, 0.3) is 5.95 Å².